The van der Waals surface area contributed by atoms with Crippen LogP contribution >= 0.6 is 0 Å². The van der Waals surface area contributed by atoms with Crippen molar-refractivity contribution in [1.29, 1.82) is 0 Å². The van der Waals surface area contributed by atoms with E-state index < -0.39 is 0 Å². The van der Waals surface area contributed by atoms with Crippen molar-refractivity contribution in [2.45, 2.75) is 38.3 Å². The number of amides is 1. The van der Waals surface area contributed by atoms with E-state index in [2.05, 4.69) is 33.4 Å². The molecule has 0 bridgehead atoms. The van der Waals surface area contributed by atoms with E-state index in [1.54, 1.807) is 0 Å². The molecular weight excluding hydrogens is 298 g/mol. The standard InChI is InChI=1S/C20H23N3O/c1-15-5-4-7-17(21-15)13-23-12-11-20(14-23)10-9-16-6-2-3-8-18(16)19(24)22-20/h2-8H,9-14H2,1H3,(H,22,24)/t20-/m1/s1. The van der Waals surface area contributed by atoms with Crippen LogP contribution in [0.5, 0.6) is 0 Å². The van der Waals surface area contributed by atoms with Gasteiger partial charge in [0.1, 0.15) is 0 Å². The highest BCUT2D eigenvalue weighted by Gasteiger charge is 2.41. The van der Waals surface area contributed by atoms with Crippen LogP contribution in [-0.2, 0) is 13.0 Å². The molecule has 1 atom stereocenters. The number of hydrogen-bond acceptors (Lipinski definition) is 3. The Kier molecular flexibility index (Phi) is 3.85. The summed E-state index contributed by atoms with van der Waals surface area (Å²) in [5, 5.41) is 3.34. The van der Waals surface area contributed by atoms with Crippen molar-refractivity contribution in [3.05, 3.63) is 65.0 Å². The fraction of sp³-hybridized carbons (Fsp3) is 0.400. The Bertz CT molecular complexity index is 773. The van der Waals surface area contributed by atoms with Gasteiger partial charge >= 0.3 is 0 Å². The number of benzene rings is 1. The van der Waals surface area contributed by atoms with Gasteiger partial charge in [-0.25, -0.2) is 0 Å². The monoisotopic (exact) mass is 321 g/mol. The Balaban J connectivity index is 1.49. The van der Waals surface area contributed by atoms with Crippen molar-refractivity contribution >= 4 is 5.91 Å². The number of rotatable bonds is 2. The summed E-state index contributed by atoms with van der Waals surface area (Å²) in [6, 6.07) is 14.2. The molecule has 4 nitrogen and oxygen atoms in total. The van der Waals surface area contributed by atoms with Gasteiger partial charge in [-0.05, 0) is 49.9 Å². The Hall–Kier alpha value is -2.20. The van der Waals surface area contributed by atoms with Gasteiger partial charge in [-0.3, -0.25) is 14.7 Å². The lowest BCUT2D eigenvalue weighted by Crippen LogP contribution is -2.49. The number of hydrogen-bond donors (Lipinski definition) is 1. The van der Waals surface area contributed by atoms with Crippen LogP contribution in [0.4, 0.5) is 0 Å². The van der Waals surface area contributed by atoms with Gasteiger partial charge in [0.15, 0.2) is 0 Å². The number of carbonyl (C=O) groups is 1. The molecule has 24 heavy (non-hydrogen) atoms. The quantitative estimate of drug-likeness (QED) is 0.925. The zero-order valence-corrected chi connectivity index (χ0v) is 14.1. The van der Waals surface area contributed by atoms with E-state index in [-0.39, 0.29) is 11.4 Å². The number of likely N-dealkylation sites (tertiary alicyclic amines) is 1. The van der Waals surface area contributed by atoms with Crippen molar-refractivity contribution in [3.8, 4) is 0 Å². The first-order valence-corrected chi connectivity index (χ1v) is 8.69. The predicted molar refractivity (Wildman–Crippen MR) is 93.8 cm³/mol. The van der Waals surface area contributed by atoms with E-state index in [4.69, 9.17) is 0 Å². The highest BCUT2D eigenvalue weighted by Crippen LogP contribution is 2.31. The summed E-state index contributed by atoms with van der Waals surface area (Å²) in [6.07, 6.45) is 2.98. The molecule has 1 saturated heterocycles. The Morgan fingerprint density at radius 1 is 1.17 bits per heavy atom. The average Bonchev–Trinajstić information content (AvgIpc) is 2.89. The molecule has 1 N–H and O–H groups in total. The van der Waals surface area contributed by atoms with Gasteiger partial charge in [0, 0.05) is 30.9 Å². The first-order valence-electron chi connectivity index (χ1n) is 8.69. The maximum absolute atomic E-state index is 12.6. The summed E-state index contributed by atoms with van der Waals surface area (Å²) in [7, 11) is 0. The lowest BCUT2D eigenvalue weighted by Gasteiger charge is -2.29. The van der Waals surface area contributed by atoms with E-state index in [0.29, 0.717) is 0 Å². The Labute approximate surface area is 142 Å². The second kappa shape index (κ2) is 6.02. The highest BCUT2D eigenvalue weighted by molar-refractivity contribution is 5.96. The molecule has 1 aromatic heterocycles. The predicted octanol–water partition coefficient (Wildman–Crippen LogP) is 2.71. The molecule has 3 heterocycles. The molecule has 2 aliphatic heterocycles. The number of nitrogens with one attached hydrogen (secondary N) is 1. The molecule has 124 valence electrons. The molecule has 1 spiro atoms. The van der Waals surface area contributed by atoms with Crippen LogP contribution in [0.25, 0.3) is 0 Å². The number of fused-ring (bicyclic) bond motifs is 1. The molecule has 1 aromatic carbocycles. The van der Waals surface area contributed by atoms with Gasteiger partial charge in [-0.1, -0.05) is 24.3 Å². The van der Waals surface area contributed by atoms with E-state index in [1.807, 2.05) is 31.2 Å². The third kappa shape index (κ3) is 2.94. The lowest BCUT2D eigenvalue weighted by molar-refractivity contribution is 0.0902. The molecule has 2 aliphatic rings. The van der Waals surface area contributed by atoms with Crippen molar-refractivity contribution in [2.24, 2.45) is 0 Å². The first-order chi connectivity index (χ1) is 11.6. The average molecular weight is 321 g/mol. The lowest BCUT2D eigenvalue weighted by atomic mass is 9.91. The number of aryl methyl sites for hydroxylation is 2. The van der Waals surface area contributed by atoms with Crippen LogP contribution in [0.15, 0.2) is 42.5 Å². The minimum absolute atomic E-state index is 0.0821. The van der Waals surface area contributed by atoms with Crippen molar-refractivity contribution in [2.75, 3.05) is 13.1 Å². The molecule has 2 aromatic rings. The summed E-state index contributed by atoms with van der Waals surface area (Å²) >= 11 is 0. The van der Waals surface area contributed by atoms with Crippen molar-refractivity contribution in [1.82, 2.24) is 15.2 Å². The summed E-state index contributed by atoms with van der Waals surface area (Å²) in [4.78, 5) is 19.7. The fourth-order valence-electron chi connectivity index (χ4n) is 4.02. The van der Waals surface area contributed by atoms with E-state index in [0.717, 1.165) is 55.8 Å². The van der Waals surface area contributed by atoms with E-state index in [9.17, 15) is 4.79 Å². The molecule has 4 heteroatoms. The summed E-state index contributed by atoms with van der Waals surface area (Å²) in [5.74, 6) is 0.0821. The van der Waals surface area contributed by atoms with Gasteiger partial charge < -0.3 is 5.32 Å². The topological polar surface area (TPSA) is 45.2 Å². The van der Waals surface area contributed by atoms with Gasteiger partial charge in [0.05, 0.1) is 11.2 Å². The normalized spacial score (nSPS) is 23.8. The Morgan fingerprint density at radius 2 is 2.04 bits per heavy atom. The Morgan fingerprint density at radius 3 is 2.92 bits per heavy atom. The minimum Gasteiger partial charge on any atom is -0.345 e. The summed E-state index contributed by atoms with van der Waals surface area (Å²) in [5.41, 5.74) is 4.08. The molecule has 0 radical (unpaired) electrons. The van der Waals surface area contributed by atoms with Crippen LogP contribution in [0.3, 0.4) is 0 Å². The smallest absolute Gasteiger partial charge is 0.252 e. The molecule has 0 unspecified atom stereocenters. The fourth-order valence-corrected chi connectivity index (χ4v) is 4.02. The largest absolute Gasteiger partial charge is 0.345 e. The molecule has 4 rings (SSSR count). The van der Waals surface area contributed by atoms with Crippen LogP contribution in [-0.4, -0.2) is 34.4 Å². The SMILES string of the molecule is Cc1cccc(CN2CC[C@]3(CCc4ccccc4C(=O)N3)C2)n1. The third-order valence-electron chi connectivity index (χ3n) is 5.28. The number of carbonyl (C=O) groups excluding carboxylic acids is 1. The molecule has 0 saturated carbocycles. The first kappa shape index (κ1) is 15.3. The van der Waals surface area contributed by atoms with Crippen molar-refractivity contribution in [3.63, 3.8) is 0 Å². The molecule has 1 amide bonds. The zero-order chi connectivity index (χ0) is 16.6. The minimum atomic E-state index is -0.0973. The second-order valence-corrected chi connectivity index (χ2v) is 7.12. The van der Waals surface area contributed by atoms with E-state index in [1.165, 1.54) is 5.56 Å². The van der Waals surface area contributed by atoms with Gasteiger partial charge in [-0.15, -0.1) is 0 Å². The van der Waals surface area contributed by atoms with E-state index >= 15 is 0 Å². The van der Waals surface area contributed by atoms with Gasteiger partial charge in [0.25, 0.3) is 5.91 Å². The second-order valence-electron chi connectivity index (χ2n) is 7.12. The zero-order valence-electron chi connectivity index (χ0n) is 14.1. The molecular formula is C20H23N3O. The van der Waals surface area contributed by atoms with Gasteiger partial charge in [-0.2, -0.15) is 0 Å². The number of pyridine rings is 1. The summed E-state index contributed by atoms with van der Waals surface area (Å²) < 4.78 is 0. The van der Waals surface area contributed by atoms with Crippen LogP contribution < -0.4 is 5.32 Å². The van der Waals surface area contributed by atoms with Crippen LogP contribution in [0.2, 0.25) is 0 Å². The maximum Gasteiger partial charge on any atom is 0.252 e. The van der Waals surface area contributed by atoms with Gasteiger partial charge in [0.2, 0.25) is 0 Å². The molecule has 1 fully saturated rings. The maximum atomic E-state index is 12.6. The number of nitrogens with zero attached hydrogens (tertiary/aromatic N) is 2. The van der Waals surface area contributed by atoms with Crippen LogP contribution in [0.1, 0.15) is 40.2 Å². The molecule has 0 aliphatic carbocycles. The highest BCUT2D eigenvalue weighted by atomic mass is 16.1. The number of aromatic nitrogens is 1. The summed E-state index contributed by atoms with van der Waals surface area (Å²) in [6.45, 7) is 4.79. The van der Waals surface area contributed by atoms with Crippen LogP contribution in [0, 0.1) is 6.92 Å². The third-order valence-corrected chi connectivity index (χ3v) is 5.28. The van der Waals surface area contributed by atoms with Crippen molar-refractivity contribution < 1.29 is 4.79 Å².